The highest BCUT2D eigenvalue weighted by molar-refractivity contribution is 7.21. The van der Waals surface area contributed by atoms with Gasteiger partial charge in [-0.05, 0) is 36.4 Å². The maximum absolute atomic E-state index is 12.8. The first-order valence-electron chi connectivity index (χ1n) is 8.35. The van der Waals surface area contributed by atoms with E-state index in [9.17, 15) is 4.79 Å². The largest absolute Gasteiger partial charge is 0.497 e. The van der Waals surface area contributed by atoms with Gasteiger partial charge in [-0.2, -0.15) is 0 Å². The number of ether oxygens (including phenoxy) is 3. The van der Waals surface area contributed by atoms with Crippen LogP contribution in [0, 0.1) is 0 Å². The Hall–Kier alpha value is -3.31. The van der Waals surface area contributed by atoms with Crippen molar-refractivity contribution in [2.24, 2.45) is 0 Å². The standard InChI is InChI=1S/C22H16O4S/c1-24-16-10-7-11-17(14-16)25-20-18-12-5-6-13-19(18)27-21(20)22(23)26-15-8-3-2-4-9-15/h2-14H,1H3. The third kappa shape index (κ3) is 3.64. The number of hydrogen-bond acceptors (Lipinski definition) is 5. The monoisotopic (exact) mass is 376 g/mol. The summed E-state index contributed by atoms with van der Waals surface area (Å²) in [6.07, 6.45) is 0. The van der Waals surface area contributed by atoms with Crippen molar-refractivity contribution in [3.63, 3.8) is 0 Å². The van der Waals surface area contributed by atoms with Gasteiger partial charge >= 0.3 is 5.97 Å². The zero-order valence-electron chi connectivity index (χ0n) is 14.5. The lowest BCUT2D eigenvalue weighted by atomic mass is 10.2. The van der Waals surface area contributed by atoms with Crippen LogP contribution in [0.15, 0.2) is 78.9 Å². The fourth-order valence-electron chi connectivity index (χ4n) is 2.68. The molecule has 4 nitrogen and oxygen atoms in total. The molecule has 0 atom stereocenters. The minimum absolute atomic E-state index is 0.419. The molecule has 0 unspecified atom stereocenters. The maximum Gasteiger partial charge on any atom is 0.357 e. The number of esters is 1. The highest BCUT2D eigenvalue weighted by Crippen LogP contribution is 2.41. The number of carbonyl (C=O) groups is 1. The Balaban J connectivity index is 1.73. The van der Waals surface area contributed by atoms with Crippen LogP contribution in [0.3, 0.4) is 0 Å². The Morgan fingerprint density at radius 2 is 1.52 bits per heavy atom. The molecule has 0 saturated carbocycles. The third-order valence-corrected chi connectivity index (χ3v) is 5.08. The Morgan fingerprint density at radius 1 is 0.815 bits per heavy atom. The normalized spacial score (nSPS) is 10.6. The van der Waals surface area contributed by atoms with Crippen molar-refractivity contribution < 1.29 is 19.0 Å². The molecule has 0 aliphatic heterocycles. The van der Waals surface area contributed by atoms with Crippen molar-refractivity contribution in [1.29, 1.82) is 0 Å². The van der Waals surface area contributed by atoms with Crippen LogP contribution in [0.4, 0.5) is 0 Å². The molecule has 0 aliphatic rings. The molecule has 1 heterocycles. The summed E-state index contributed by atoms with van der Waals surface area (Å²) in [6.45, 7) is 0. The molecule has 0 radical (unpaired) electrons. The zero-order valence-corrected chi connectivity index (χ0v) is 15.4. The second kappa shape index (κ2) is 7.51. The minimum atomic E-state index is -0.444. The highest BCUT2D eigenvalue weighted by Gasteiger charge is 2.22. The summed E-state index contributed by atoms with van der Waals surface area (Å²) >= 11 is 1.35. The van der Waals surface area contributed by atoms with Crippen molar-refractivity contribution >= 4 is 27.4 Å². The molecular formula is C22H16O4S. The number of rotatable bonds is 5. The van der Waals surface area contributed by atoms with Gasteiger partial charge in [0.25, 0.3) is 0 Å². The number of hydrogen-bond donors (Lipinski definition) is 0. The molecule has 0 bridgehead atoms. The SMILES string of the molecule is COc1cccc(Oc2c(C(=O)Oc3ccccc3)sc3ccccc23)c1. The van der Waals surface area contributed by atoms with Crippen molar-refractivity contribution in [2.75, 3.05) is 7.11 Å². The average Bonchev–Trinajstić information content (AvgIpc) is 3.08. The molecule has 1 aromatic heterocycles. The topological polar surface area (TPSA) is 44.8 Å². The van der Waals surface area contributed by atoms with Gasteiger partial charge in [-0.15, -0.1) is 11.3 Å². The van der Waals surface area contributed by atoms with Crippen LogP contribution in [-0.2, 0) is 0 Å². The number of benzene rings is 3. The lowest BCUT2D eigenvalue weighted by Crippen LogP contribution is -2.07. The summed E-state index contributed by atoms with van der Waals surface area (Å²) in [5, 5.41) is 0.866. The van der Waals surface area contributed by atoms with Gasteiger partial charge in [-0.25, -0.2) is 4.79 Å². The summed E-state index contributed by atoms with van der Waals surface area (Å²) < 4.78 is 17.8. The number of methoxy groups -OCH3 is 1. The van der Waals surface area contributed by atoms with Gasteiger partial charge in [0, 0.05) is 16.2 Å². The molecule has 5 heteroatoms. The maximum atomic E-state index is 12.8. The Bertz CT molecular complexity index is 1090. The van der Waals surface area contributed by atoms with Gasteiger partial charge in [0.15, 0.2) is 10.6 Å². The van der Waals surface area contributed by atoms with E-state index in [1.54, 1.807) is 25.3 Å². The van der Waals surface area contributed by atoms with Gasteiger partial charge in [-0.3, -0.25) is 0 Å². The van der Waals surface area contributed by atoms with E-state index < -0.39 is 5.97 Å². The smallest absolute Gasteiger partial charge is 0.357 e. The fraction of sp³-hybridized carbons (Fsp3) is 0.0455. The van der Waals surface area contributed by atoms with Crippen LogP contribution in [0.2, 0.25) is 0 Å². The average molecular weight is 376 g/mol. The van der Waals surface area contributed by atoms with E-state index in [4.69, 9.17) is 14.2 Å². The van der Waals surface area contributed by atoms with E-state index in [-0.39, 0.29) is 0 Å². The Morgan fingerprint density at radius 3 is 2.33 bits per heavy atom. The van der Waals surface area contributed by atoms with E-state index in [1.807, 2.05) is 60.7 Å². The summed E-state index contributed by atoms with van der Waals surface area (Å²) in [5.41, 5.74) is 0. The van der Waals surface area contributed by atoms with Gasteiger partial charge in [0.2, 0.25) is 0 Å². The molecule has 0 N–H and O–H groups in total. The third-order valence-electron chi connectivity index (χ3n) is 3.95. The second-order valence-electron chi connectivity index (χ2n) is 5.74. The number of carbonyl (C=O) groups excluding carboxylic acids is 1. The van der Waals surface area contributed by atoms with E-state index in [2.05, 4.69) is 0 Å². The van der Waals surface area contributed by atoms with E-state index in [0.717, 1.165) is 10.1 Å². The molecule has 4 aromatic rings. The Kier molecular flexibility index (Phi) is 4.77. The van der Waals surface area contributed by atoms with E-state index >= 15 is 0 Å². The van der Waals surface area contributed by atoms with Crippen LogP contribution in [0.1, 0.15) is 9.67 Å². The number of thiophene rings is 1. The summed E-state index contributed by atoms with van der Waals surface area (Å²) in [4.78, 5) is 13.2. The van der Waals surface area contributed by atoms with Gasteiger partial charge in [-0.1, -0.05) is 36.4 Å². The van der Waals surface area contributed by atoms with E-state index in [1.165, 1.54) is 11.3 Å². The number of fused-ring (bicyclic) bond motifs is 1. The lowest BCUT2D eigenvalue weighted by molar-refractivity contribution is 0.0737. The van der Waals surface area contributed by atoms with Crippen LogP contribution < -0.4 is 14.2 Å². The summed E-state index contributed by atoms with van der Waals surface area (Å²) in [6, 6.07) is 24.0. The second-order valence-corrected chi connectivity index (χ2v) is 6.79. The van der Waals surface area contributed by atoms with E-state index in [0.29, 0.717) is 27.9 Å². The molecule has 0 amide bonds. The summed E-state index contributed by atoms with van der Waals surface area (Å²) in [5.74, 6) is 1.81. The predicted molar refractivity (Wildman–Crippen MR) is 106 cm³/mol. The lowest BCUT2D eigenvalue weighted by Gasteiger charge is -2.09. The molecular weight excluding hydrogens is 360 g/mol. The highest BCUT2D eigenvalue weighted by atomic mass is 32.1. The molecule has 0 saturated heterocycles. The van der Waals surface area contributed by atoms with Crippen LogP contribution in [-0.4, -0.2) is 13.1 Å². The predicted octanol–water partition coefficient (Wildman–Crippen LogP) is 5.92. The van der Waals surface area contributed by atoms with Crippen LogP contribution in [0.5, 0.6) is 23.0 Å². The Labute approximate surface area is 160 Å². The molecule has 0 spiro atoms. The molecule has 0 aliphatic carbocycles. The summed E-state index contributed by atoms with van der Waals surface area (Å²) in [7, 11) is 1.60. The first-order chi connectivity index (χ1) is 13.2. The zero-order chi connectivity index (χ0) is 18.6. The van der Waals surface area contributed by atoms with Gasteiger partial charge < -0.3 is 14.2 Å². The molecule has 134 valence electrons. The van der Waals surface area contributed by atoms with Crippen molar-refractivity contribution in [3.05, 3.63) is 83.7 Å². The molecule has 3 aromatic carbocycles. The van der Waals surface area contributed by atoms with Crippen LogP contribution in [0.25, 0.3) is 10.1 Å². The van der Waals surface area contributed by atoms with Gasteiger partial charge in [0.1, 0.15) is 17.2 Å². The minimum Gasteiger partial charge on any atom is -0.497 e. The molecule has 27 heavy (non-hydrogen) atoms. The first-order valence-corrected chi connectivity index (χ1v) is 9.17. The molecule has 0 fully saturated rings. The first kappa shape index (κ1) is 17.1. The number of para-hydroxylation sites is 1. The molecule has 4 rings (SSSR count). The van der Waals surface area contributed by atoms with Crippen molar-refractivity contribution in [3.8, 4) is 23.0 Å². The van der Waals surface area contributed by atoms with Crippen molar-refractivity contribution in [2.45, 2.75) is 0 Å². The fourth-order valence-corrected chi connectivity index (χ4v) is 3.69. The van der Waals surface area contributed by atoms with Gasteiger partial charge in [0.05, 0.1) is 7.11 Å². The van der Waals surface area contributed by atoms with Crippen molar-refractivity contribution in [1.82, 2.24) is 0 Å². The van der Waals surface area contributed by atoms with Crippen LogP contribution >= 0.6 is 11.3 Å². The quantitative estimate of drug-likeness (QED) is 0.320.